The van der Waals surface area contributed by atoms with Gasteiger partial charge in [0.05, 0.1) is 6.42 Å². The van der Waals surface area contributed by atoms with E-state index in [1.165, 1.54) is 0 Å². The van der Waals surface area contributed by atoms with Crippen molar-refractivity contribution in [2.24, 2.45) is 0 Å². The van der Waals surface area contributed by atoms with Gasteiger partial charge in [0.15, 0.2) is 0 Å². The Morgan fingerprint density at radius 2 is 1.84 bits per heavy atom. The predicted molar refractivity (Wildman–Crippen MR) is 71.6 cm³/mol. The zero-order chi connectivity index (χ0) is 13.8. The third kappa shape index (κ3) is 3.55. The number of ether oxygens (including phenoxy) is 1. The van der Waals surface area contributed by atoms with Crippen LogP contribution in [-0.4, -0.2) is 16.1 Å². The number of rotatable bonds is 4. The number of aliphatic carboxylic acids is 1. The van der Waals surface area contributed by atoms with Crippen molar-refractivity contribution in [2.75, 3.05) is 0 Å². The highest BCUT2D eigenvalue weighted by Crippen LogP contribution is 2.21. The van der Waals surface area contributed by atoms with Crippen molar-refractivity contribution < 1.29 is 14.6 Å². The molecule has 0 bridgehead atoms. The second-order valence-electron chi connectivity index (χ2n) is 4.37. The predicted octanol–water partition coefficient (Wildman–Crippen LogP) is 3.12. The maximum absolute atomic E-state index is 10.6. The molecular weight excluding hydrogens is 242 g/mol. The van der Waals surface area contributed by atoms with Crippen LogP contribution in [-0.2, 0) is 11.2 Å². The molecule has 0 amide bonds. The molecule has 1 aromatic heterocycles. The Labute approximate surface area is 111 Å². The Kier molecular flexibility index (Phi) is 3.80. The van der Waals surface area contributed by atoms with E-state index in [-0.39, 0.29) is 6.42 Å². The van der Waals surface area contributed by atoms with Gasteiger partial charge < -0.3 is 9.84 Å². The molecule has 0 atom stereocenters. The van der Waals surface area contributed by atoms with Gasteiger partial charge in [-0.2, -0.15) is 0 Å². The highest BCUT2D eigenvalue weighted by Gasteiger charge is 2.03. The normalized spacial score (nSPS) is 10.2. The second kappa shape index (κ2) is 5.52. The van der Waals surface area contributed by atoms with E-state index in [0.717, 1.165) is 16.8 Å². The van der Waals surface area contributed by atoms with Crippen LogP contribution in [0.25, 0.3) is 0 Å². The molecule has 4 heteroatoms. The van der Waals surface area contributed by atoms with E-state index >= 15 is 0 Å². The summed E-state index contributed by atoms with van der Waals surface area (Å²) in [6, 6.07) is 10.7. The highest BCUT2D eigenvalue weighted by atomic mass is 16.5. The van der Waals surface area contributed by atoms with E-state index in [9.17, 15) is 4.79 Å². The van der Waals surface area contributed by atoms with Crippen molar-refractivity contribution in [3.63, 3.8) is 0 Å². The van der Waals surface area contributed by atoms with Crippen LogP contribution in [0.5, 0.6) is 11.6 Å². The first kappa shape index (κ1) is 13.1. The number of hydrogen-bond donors (Lipinski definition) is 1. The molecule has 1 heterocycles. The molecule has 0 spiro atoms. The van der Waals surface area contributed by atoms with E-state index in [2.05, 4.69) is 4.98 Å². The maximum Gasteiger partial charge on any atom is 0.307 e. The molecule has 0 aliphatic heterocycles. The molecule has 19 heavy (non-hydrogen) atoms. The minimum atomic E-state index is -0.843. The van der Waals surface area contributed by atoms with E-state index in [4.69, 9.17) is 9.84 Å². The van der Waals surface area contributed by atoms with Crippen molar-refractivity contribution in [1.82, 2.24) is 4.98 Å². The number of carboxylic acids is 1. The lowest BCUT2D eigenvalue weighted by Crippen LogP contribution is -1.99. The Balaban J connectivity index is 2.10. The molecule has 4 nitrogen and oxygen atoms in total. The van der Waals surface area contributed by atoms with Crippen molar-refractivity contribution in [1.29, 1.82) is 0 Å². The fraction of sp³-hybridized carbons (Fsp3) is 0.200. The topological polar surface area (TPSA) is 59.4 Å². The Morgan fingerprint density at radius 1 is 1.16 bits per heavy atom. The minimum Gasteiger partial charge on any atom is -0.481 e. The Bertz CT molecular complexity index is 591. The summed E-state index contributed by atoms with van der Waals surface area (Å²) in [6.45, 7) is 3.92. The zero-order valence-electron chi connectivity index (χ0n) is 10.9. The number of benzene rings is 1. The van der Waals surface area contributed by atoms with Gasteiger partial charge in [-0.05, 0) is 37.1 Å². The summed E-state index contributed by atoms with van der Waals surface area (Å²) in [5.74, 6) is 0.337. The molecule has 2 rings (SSSR count). The van der Waals surface area contributed by atoms with E-state index in [1.807, 2.05) is 26.0 Å². The molecule has 1 N–H and O–H groups in total. The summed E-state index contributed by atoms with van der Waals surface area (Å²) in [4.78, 5) is 14.9. The quantitative estimate of drug-likeness (QED) is 0.914. The first-order chi connectivity index (χ1) is 9.04. The second-order valence-corrected chi connectivity index (χ2v) is 4.37. The lowest BCUT2D eigenvalue weighted by molar-refractivity contribution is -0.136. The Morgan fingerprint density at radius 3 is 2.42 bits per heavy atom. The third-order valence-electron chi connectivity index (χ3n) is 2.83. The van der Waals surface area contributed by atoms with Crippen LogP contribution in [0.3, 0.4) is 0 Å². The average Bonchev–Trinajstić information content (AvgIpc) is 2.36. The van der Waals surface area contributed by atoms with Gasteiger partial charge in [0.25, 0.3) is 0 Å². The van der Waals surface area contributed by atoms with Gasteiger partial charge in [0.1, 0.15) is 5.75 Å². The van der Waals surface area contributed by atoms with Crippen LogP contribution in [0.1, 0.15) is 16.8 Å². The summed E-state index contributed by atoms with van der Waals surface area (Å²) in [5, 5.41) is 8.69. The Hall–Kier alpha value is -2.36. The monoisotopic (exact) mass is 257 g/mol. The largest absolute Gasteiger partial charge is 0.481 e. The minimum absolute atomic E-state index is 0.0160. The van der Waals surface area contributed by atoms with Gasteiger partial charge >= 0.3 is 5.97 Å². The SMILES string of the molecule is Cc1ccc(Oc2ccc(CC(=O)O)cc2)nc1C. The van der Waals surface area contributed by atoms with Crippen LogP contribution in [0.2, 0.25) is 0 Å². The standard InChI is InChI=1S/C15H15NO3/c1-10-3-8-14(16-11(10)2)19-13-6-4-12(5-7-13)9-15(17)18/h3-8H,9H2,1-2H3,(H,17,18). The molecule has 2 aromatic rings. The van der Waals surface area contributed by atoms with Crippen LogP contribution in [0.4, 0.5) is 0 Å². The van der Waals surface area contributed by atoms with Crippen LogP contribution in [0, 0.1) is 13.8 Å². The van der Waals surface area contributed by atoms with Crippen molar-refractivity contribution in [3.05, 3.63) is 53.2 Å². The van der Waals surface area contributed by atoms with Crippen molar-refractivity contribution >= 4 is 5.97 Å². The zero-order valence-corrected chi connectivity index (χ0v) is 10.9. The molecule has 0 saturated heterocycles. The summed E-state index contributed by atoms with van der Waals surface area (Å²) in [5.41, 5.74) is 2.79. The van der Waals surface area contributed by atoms with E-state index < -0.39 is 5.97 Å². The number of hydrogen-bond acceptors (Lipinski definition) is 3. The van der Waals surface area contributed by atoms with Crippen molar-refractivity contribution in [3.8, 4) is 11.6 Å². The van der Waals surface area contributed by atoms with Gasteiger partial charge in [-0.1, -0.05) is 18.2 Å². The van der Waals surface area contributed by atoms with Crippen LogP contribution < -0.4 is 4.74 Å². The lowest BCUT2D eigenvalue weighted by atomic mass is 10.1. The summed E-state index contributed by atoms with van der Waals surface area (Å²) in [7, 11) is 0. The van der Waals surface area contributed by atoms with Gasteiger partial charge in [-0.3, -0.25) is 4.79 Å². The molecule has 0 fully saturated rings. The fourth-order valence-electron chi connectivity index (χ4n) is 1.64. The smallest absolute Gasteiger partial charge is 0.307 e. The molecule has 1 aromatic carbocycles. The van der Waals surface area contributed by atoms with E-state index in [0.29, 0.717) is 11.6 Å². The third-order valence-corrected chi connectivity index (χ3v) is 2.83. The summed E-state index contributed by atoms with van der Waals surface area (Å²) in [6.07, 6.45) is 0.0160. The number of aryl methyl sites for hydroxylation is 2. The molecule has 0 radical (unpaired) electrons. The van der Waals surface area contributed by atoms with Gasteiger partial charge in [0, 0.05) is 11.8 Å². The first-order valence-electron chi connectivity index (χ1n) is 5.97. The molecular formula is C15H15NO3. The number of aromatic nitrogens is 1. The molecule has 98 valence electrons. The molecule has 0 aliphatic rings. The average molecular weight is 257 g/mol. The van der Waals surface area contributed by atoms with Gasteiger partial charge in [-0.25, -0.2) is 4.98 Å². The van der Waals surface area contributed by atoms with Crippen LogP contribution in [0.15, 0.2) is 36.4 Å². The number of nitrogens with zero attached hydrogens (tertiary/aromatic N) is 1. The highest BCUT2D eigenvalue weighted by molar-refractivity contribution is 5.70. The van der Waals surface area contributed by atoms with Gasteiger partial charge in [-0.15, -0.1) is 0 Å². The molecule has 0 saturated carbocycles. The molecule has 0 aliphatic carbocycles. The van der Waals surface area contributed by atoms with Crippen molar-refractivity contribution in [2.45, 2.75) is 20.3 Å². The summed E-state index contributed by atoms with van der Waals surface area (Å²) < 4.78 is 5.62. The number of pyridine rings is 1. The maximum atomic E-state index is 10.6. The number of carbonyl (C=O) groups is 1. The number of carboxylic acid groups (broad SMARTS) is 1. The lowest BCUT2D eigenvalue weighted by Gasteiger charge is -2.07. The van der Waals surface area contributed by atoms with Crippen LogP contribution >= 0.6 is 0 Å². The molecule has 0 unspecified atom stereocenters. The van der Waals surface area contributed by atoms with Gasteiger partial charge in [0.2, 0.25) is 5.88 Å². The fourth-order valence-corrected chi connectivity index (χ4v) is 1.64. The van der Waals surface area contributed by atoms with E-state index in [1.54, 1.807) is 24.3 Å². The first-order valence-corrected chi connectivity index (χ1v) is 5.97. The summed E-state index contributed by atoms with van der Waals surface area (Å²) >= 11 is 0.